The van der Waals surface area contributed by atoms with E-state index in [4.69, 9.17) is 4.74 Å². The highest BCUT2D eigenvalue weighted by Crippen LogP contribution is 2.20. The summed E-state index contributed by atoms with van der Waals surface area (Å²) in [6, 6.07) is 8.01. The number of aryl methyl sites for hydroxylation is 1. The minimum Gasteiger partial charge on any atom is -0.379 e. The number of benzene rings is 1. The van der Waals surface area contributed by atoms with Crippen molar-refractivity contribution in [3.63, 3.8) is 0 Å². The molecule has 2 aromatic rings. The first-order chi connectivity index (χ1) is 16.0. The number of aromatic nitrogens is 1. The van der Waals surface area contributed by atoms with E-state index in [0.29, 0.717) is 31.7 Å². The van der Waals surface area contributed by atoms with Crippen molar-refractivity contribution in [2.24, 2.45) is 0 Å². The van der Waals surface area contributed by atoms with Gasteiger partial charge in [-0.05, 0) is 50.3 Å². The van der Waals surface area contributed by atoms with Gasteiger partial charge < -0.3 is 14.2 Å². The number of halogens is 1. The second-order valence-electron chi connectivity index (χ2n) is 9.09. The number of morpholine rings is 1. The molecule has 0 radical (unpaired) electrons. The van der Waals surface area contributed by atoms with Gasteiger partial charge in [0.15, 0.2) is 5.43 Å². The molecule has 1 amide bonds. The van der Waals surface area contributed by atoms with E-state index in [2.05, 4.69) is 9.47 Å². The Balaban J connectivity index is 1.66. The molecule has 7 heteroatoms. The fourth-order valence-electron chi connectivity index (χ4n) is 4.93. The molecular weight excluding hydrogens is 421 g/mol. The van der Waals surface area contributed by atoms with Crippen LogP contribution in [0.2, 0.25) is 0 Å². The number of hydrogen-bond donors (Lipinski definition) is 0. The van der Waals surface area contributed by atoms with E-state index in [0.717, 1.165) is 69.8 Å². The highest BCUT2D eigenvalue weighted by Gasteiger charge is 2.26. The van der Waals surface area contributed by atoms with Crippen LogP contribution in [0.4, 0.5) is 4.39 Å². The van der Waals surface area contributed by atoms with Gasteiger partial charge in [-0.25, -0.2) is 4.39 Å². The lowest BCUT2D eigenvalue weighted by atomic mass is 10.0. The monoisotopic (exact) mass is 455 g/mol. The molecule has 0 bridgehead atoms. The Bertz CT molecular complexity index is 1020. The summed E-state index contributed by atoms with van der Waals surface area (Å²) in [5, 5.41) is 0. The molecule has 0 spiro atoms. The molecule has 0 saturated carbocycles. The maximum Gasteiger partial charge on any atom is 0.259 e. The molecule has 2 aliphatic rings. The molecule has 6 nitrogen and oxygen atoms in total. The largest absolute Gasteiger partial charge is 0.379 e. The molecule has 0 atom stereocenters. The zero-order chi connectivity index (χ0) is 23.2. The van der Waals surface area contributed by atoms with Crippen LogP contribution >= 0.6 is 0 Å². The van der Waals surface area contributed by atoms with Gasteiger partial charge >= 0.3 is 0 Å². The smallest absolute Gasteiger partial charge is 0.259 e. The van der Waals surface area contributed by atoms with Gasteiger partial charge in [0.1, 0.15) is 11.4 Å². The van der Waals surface area contributed by atoms with Crippen molar-refractivity contribution in [1.82, 2.24) is 14.4 Å². The number of rotatable bonds is 7. The first kappa shape index (κ1) is 23.6. The maximum atomic E-state index is 13.9. The molecule has 0 aliphatic carbocycles. The first-order valence-corrected chi connectivity index (χ1v) is 12.1. The summed E-state index contributed by atoms with van der Waals surface area (Å²) in [5.41, 5.74) is 2.30. The topological polar surface area (TPSA) is 54.8 Å². The molecular formula is C26H34FN3O3. The summed E-state index contributed by atoms with van der Waals surface area (Å²) in [4.78, 5) is 30.8. The van der Waals surface area contributed by atoms with Crippen molar-refractivity contribution in [2.45, 2.75) is 45.6 Å². The fourth-order valence-corrected chi connectivity index (χ4v) is 4.93. The molecule has 2 saturated heterocycles. The van der Waals surface area contributed by atoms with E-state index in [9.17, 15) is 14.0 Å². The fraction of sp³-hybridized carbons (Fsp3) is 0.538. The van der Waals surface area contributed by atoms with Crippen molar-refractivity contribution in [2.75, 3.05) is 45.9 Å². The van der Waals surface area contributed by atoms with Gasteiger partial charge in [0.25, 0.3) is 5.91 Å². The molecule has 2 aliphatic heterocycles. The average molecular weight is 456 g/mol. The van der Waals surface area contributed by atoms with Crippen LogP contribution in [0.25, 0.3) is 0 Å². The number of hydrogen-bond acceptors (Lipinski definition) is 4. The molecule has 0 N–H and O–H groups in total. The average Bonchev–Trinajstić information content (AvgIpc) is 2.82. The van der Waals surface area contributed by atoms with E-state index in [-0.39, 0.29) is 22.7 Å². The number of amides is 1. The standard InChI is InChI=1S/C26H34FN3O3/c1-20-17-24(31)25(26(32)29-10-3-2-4-11-29)23(19-21-7-5-8-22(27)18-21)30(20)12-6-9-28-13-15-33-16-14-28/h5,7-8,17-18H,2-4,6,9-16,19H2,1H3. The van der Waals surface area contributed by atoms with Gasteiger partial charge in [-0.15, -0.1) is 0 Å². The summed E-state index contributed by atoms with van der Waals surface area (Å²) in [5.74, 6) is -0.502. The van der Waals surface area contributed by atoms with Gasteiger partial charge in [-0.1, -0.05) is 12.1 Å². The second-order valence-corrected chi connectivity index (χ2v) is 9.09. The van der Waals surface area contributed by atoms with E-state index in [1.165, 1.54) is 12.1 Å². The van der Waals surface area contributed by atoms with E-state index >= 15 is 0 Å². The summed E-state index contributed by atoms with van der Waals surface area (Å²) < 4.78 is 21.5. The molecule has 2 fully saturated rings. The summed E-state index contributed by atoms with van der Waals surface area (Å²) in [6.07, 6.45) is 4.28. The van der Waals surface area contributed by atoms with Crippen molar-refractivity contribution < 1.29 is 13.9 Å². The quantitative estimate of drug-likeness (QED) is 0.643. The van der Waals surface area contributed by atoms with Gasteiger partial charge in [0.05, 0.1) is 13.2 Å². The SMILES string of the molecule is Cc1cc(=O)c(C(=O)N2CCCCC2)c(Cc2cccc(F)c2)n1CCCN1CCOCC1. The highest BCUT2D eigenvalue weighted by molar-refractivity contribution is 5.95. The summed E-state index contributed by atoms with van der Waals surface area (Å²) in [6.45, 7) is 8.30. The van der Waals surface area contributed by atoms with Gasteiger partial charge in [-0.3, -0.25) is 14.5 Å². The molecule has 1 aromatic carbocycles. The zero-order valence-corrected chi connectivity index (χ0v) is 19.5. The van der Waals surface area contributed by atoms with E-state index < -0.39 is 0 Å². The number of nitrogens with zero attached hydrogens (tertiary/aromatic N) is 3. The Hall–Kier alpha value is -2.51. The van der Waals surface area contributed by atoms with Crippen LogP contribution in [-0.2, 0) is 17.7 Å². The maximum absolute atomic E-state index is 13.9. The zero-order valence-electron chi connectivity index (χ0n) is 19.5. The third-order valence-electron chi connectivity index (χ3n) is 6.70. The van der Waals surface area contributed by atoms with Gasteiger partial charge in [-0.2, -0.15) is 0 Å². The van der Waals surface area contributed by atoms with Crippen LogP contribution in [0.15, 0.2) is 35.1 Å². The molecule has 1 aromatic heterocycles. The molecule has 3 heterocycles. The molecule has 4 rings (SSSR count). The Morgan fingerprint density at radius 1 is 1.03 bits per heavy atom. The number of ether oxygens (including phenoxy) is 1. The van der Waals surface area contributed by atoms with Crippen LogP contribution in [-0.4, -0.2) is 66.2 Å². The normalized spacial score (nSPS) is 17.3. The van der Waals surface area contributed by atoms with Crippen molar-refractivity contribution >= 4 is 5.91 Å². The van der Waals surface area contributed by atoms with Crippen molar-refractivity contribution in [3.05, 3.63) is 68.9 Å². The lowest BCUT2D eigenvalue weighted by Crippen LogP contribution is -2.40. The highest BCUT2D eigenvalue weighted by atomic mass is 19.1. The van der Waals surface area contributed by atoms with E-state index in [1.807, 2.05) is 17.9 Å². The Morgan fingerprint density at radius 2 is 1.79 bits per heavy atom. The van der Waals surface area contributed by atoms with E-state index in [1.54, 1.807) is 12.1 Å². The van der Waals surface area contributed by atoms with Gasteiger partial charge in [0, 0.05) is 63.1 Å². The third-order valence-corrected chi connectivity index (χ3v) is 6.70. The predicted molar refractivity (Wildman–Crippen MR) is 126 cm³/mol. The van der Waals surface area contributed by atoms with Crippen molar-refractivity contribution in [3.8, 4) is 0 Å². The second kappa shape index (κ2) is 11.1. The number of carbonyl (C=O) groups excluding carboxylic acids is 1. The van der Waals surface area contributed by atoms with Crippen LogP contribution in [0.5, 0.6) is 0 Å². The van der Waals surface area contributed by atoms with Crippen LogP contribution in [0.3, 0.4) is 0 Å². The summed E-state index contributed by atoms with van der Waals surface area (Å²) >= 11 is 0. The van der Waals surface area contributed by atoms with Crippen LogP contribution in [0.1, 0.15) is 53.0 Å². The Kier molecular flexibility index (Phi) is 7.93. The summed E-state index contributed by atoms with van der Waals surface area (Å²) in [7, 11) is 0. The number of pyridine rings is 1. The molecule has 0 unspecified atom stereocenters. The minimum atomic E-state index is -0.315. The van der Waals surface area contributed by atoms with Crippen molar-refractivity contribution in [1.29, 1.82) is 0 Å². The lowest BCUT2D eigenvalue weighted by molar-refractivity contribution is 0.0369. The number of piperidine rings is 1. The van der Waals surface area contributed by atoms with Crippen LogP contribution in [0, 0.1) is 12.7 Å². The number of likely N-dealkylation sites (tertiary alicyclic amines) is 1. The lowest BCUT2D eigenvalue weighted by Gasteiger charge is -2.29. The Labute approximate surface area is 195 Å². The Morgan fingerprint density at radius 3 is 2.52 bits per heavy atom. The first-order valence-electron chi connectivity index (χ1n) is 12.1. The molecule has 33 heavy (non-hydrogen) atoms. The number of carbonyl (C=O) groups is 1. The van der Waals surface area contributed by atoms with Crippen LogP contribution < -0.4 is 5.43 Å². The third kappa shape index (κ3) is 5.89. The van der Waals surface area contributed by atoms with Gasteiger partial charge in [0.2, 0.25) is 0 Å². The predicted octanol–water partition coefficient (Wildman–Crippen LogP) is 3.24. The minimum absolute atomic E-state index is 0.187. The molecule has 178 valence electrons.